The molecule has 0 aromatic rings. The van der Waals surface area contributed by atoms with Crippen molar-refractivity contribution in [2.24, 2.45) is 16.7 Å². The summed E-state index contributed by atoms with van der Waals surface area (Å²) in [5.41, 5.74) is -0.641. The van der Waals surface area contributed by atoms with Crippen molar-refractivity contribution in [3.8, 4) is 0 Å². The highest BCUT2D eigenvalue weighted by Crippen LogP contribution is 2.40. The van der Waals surface area contributed by atoms with Gasteiger partial charge in [-0.15, -0.1) is 0 Å². The van der Waals surface area contributed by atoms with E-state index < -0.39 is 0 Å². The molecular weight excluding hydrogens is 228 g/mol. The van der Waals surface area contributed by atoms with Gasteiger partial charge in [-0.2, -0.15) is 0 Å². The van der Waals surface area contributed by atoms with E-state index in [9.17, 15) is 5.11 Å². The van der Waals surface area contributed by atoms with Gasteiger partial charge in [-0.05, 0) is 25.2 Å². The summed E-state index contributed by atoms with van der Waals surface area (Å²) in [5, 5.41) is 9.82. The summed E-state index contributed by atoms with van der Waals surface area (Å²) in [5.74, 6) is 0.427. The molecule has 0 aromatic carbocycles. The fraction of sp³-hybridized carbons (Fsp3) is 1.00. The number of hydrogen-bond donors (Lipinski definition) is 1. The lowest BCUT2D eigenvalue weighted by Crippen LogP contribution is -2.49. The summed E-state index contributed by atoms with van der Waals surface area (Å²) >= 11 is 0. The second-order valence-corrected chi connectivity index (χ2v) is 7.17. The molecule has 110 valence electrons. The molecule has 0 rings (SSSR count). The first-order valence-electron chi connectivity index (χ1n) is 6.76. The van der Waals surface area contributed by atoms with Gasteiger partial charge in [-0.1, -0.05) is 34.6 Å². The third-order valence-electron chi connectivity index (χ3n) is 4.43. The molecule has 0 bridgehead atoms. The second-order valence-electron chi connectivity index (χ2n) is 7.17. The van der Waals surface area contributed by atoms with Crippen LogP contribution in [0, 0.1) is 16.7 Å². The van der Waals surface area contributed by atoms with Gasteiger partial charge in [0.05, 0.1) is 25.4 Å². The van der Waals surface area contributed by atoms with Crippen LogP contribution in [0.15, 0.2) is 0 Å². The van der Waals surface area contributed by atoms with Crippen LogP contribution in [0.3, 0.4) is 0 Å². The van der Waals surface area contributed by atoms with Crippen molar-refractivity contribution >= 4 is 0 Å². The minimum atomic E-state index is -0.367. The predicted octanol–water partition coefficient (Wildman–Crippen LogP) is 3.11. The van der Waals surface area contributed by atoms with Crippen LogP contribution in [0.5, 0.6) is 0 Å². The summed E-state index contributed by atoms with van der Waals surface area (Å²) in [7, 11) is 1.67. The Hall–Kier alpha value is -0.120. The highest BCUT2D eigenvalue weighted by Gasteiger charge is 2.43. The minimum absolute atomic E-state index is 0.0680. The van der Waals surface area contributed by atoms with Crippen LogP contribution in [-0.2, 0) is 9.47 Å². The molecule has 1 unspecified atom stereocenters. The van der Waals surface area contributed by atoms with Gasteiger partial charge in [0.15, 0.2) is 0 Å². The van der Waals surface area contributed by atoms with Gasteiger partial charge in [-0.3, -0.25) is 0 Å². The van der Waals surface area contributed by atoms with Gasteiger partial charge < -0.3 is 14.6 Å². The van der Waals surface area contributed by atoms with E-state index in [0.717, 1.165) is 0 Å². The monoisotopic (exact) mass is 260 g/mol. The Morgan fingerprint density at radius 3 is 1.78 bits per heavy atom. The van der Waals surface area contributed by atoms with E-state index in [-0.39, 0.29) is 23.0 Å². The molecule has 0 spiro atoms. The molecular formula is C15H32O3. The van der Waals surface area contributed by atoms with Crippen molar-refractivity contribution in [2.45, 2.75) is 54.1 Å². The lowest BCUT2D eigenvalue weighted by Gasteiger charge is -2.45. The second kappa shape index (κ2) is 6.36. The van der Waals surface area contributed by atoms with E-state index in [4.69, 9.17) is 9.47 Å². The molecule has 0 radical (unpaired) electrons. The first-order valence-corrected chi connectivity index (χ1v) is 6.76. The summed E-state index contributed by atoms with van der Waals surface area (Å²) < 4.78 is 11.4. The molecule has 0 saturated carbocycles. The number of ether oxygens (including phenoxy) is 2. The maximum atomic E-state index is 9.82. The molecule has 0 heterocycles. The maximum absolute atomic E-state index is 9.82. The molecule has 18 heavy (non-hydrogen) atoms. The van der Waals surface area contributed by atoms with Crippen molar-refractivity contribution in [3.05, 3.63) is 0 Å². The number of rotatable bonds is 7. The van der Waals surface area contributed by atoms with E-state index in [0.29, 0.717) is 19.1 Å². The standard InChI is InChI=1S/C15H32O3/c1-12(2)14(6,7)18-11-15(9-16,10-17-8)13(3,4)5/h12,16H,9-11H2,1-8H3. The van der Waals surface area contributed by atoms with Crippen molar-refractivity contribution in [3.63, 3.8) is 0 Å². The van der Waals surface area contributed by atoms with E-state index in [1.165, 1.54) is 0 Å². The number of aliphatic hydroxyl groups is 1. The largest absolute Gasteiger partial charge is 0.396 e. The van der Waals surface area contributed by atoms with Gasteiger partial charge in [0.2, 0.25) is 0 Å². The Morgan fingerprint density at radius 2 is 1.50 bits per heavy atom. The highest BCUT2D eigenvalue weighted by atomic mass is 16.5. The molecule has 0 aliphatic rings. The van der Waals surface area contributed by atoms with Crippen LogP contribution in [-0.4, -0.2) is 37.6 Å². The van der Waals surface area contributed by atoms with Gasteiger partial charge in [-0.25, -0.2) is 0 Å². The molecule has 0 fully saturated rings. The fourth-order valence-corrected chi connectivity index (χ4v) is 1.57. The smallest absolute Gasteiger partial charge is 0.0649 e. The van der Waals surface area contributed by atoms with Gasteiger partial charge in [0, 0.05) is 12.5 Å². The Labute approximate surface area is 113 Å². The van der Waals surface area contributed by atoms with Crippen LogP contribution in [0.4, 0.5) is 0 Å². The number of aliphatic hydroxyl groups excluding tert-OH is 1. The molecule has 0 saturated heterocycles. The predicted molar refractivity (Wildman–Crippen MR) is 75.7 cm³/mol. The summed E-state index contributed by atoms with van der Waals surface area (Å²) in [6, 6.07) is 0. The summed E-state index contributed by atoms with van der Waals surface area (Å²) in [6.07, 6.45) is 0. The molecule has 0 aliphatic heterocycles. The molecule has 3 nitrogen and oxygen atoms in total. The van der Waals surface area contributed by atoms with Crippen molar-refractivity contribution < 1.29 is 14.6 Å². The van der Waals surface area contributed by atoms with Crippen LogP contribution < -0.4 is 0 Å². The zero-order chi connectivity index (χ0) is 14.6. The SMILES string of the molecule is COCC(CO)(COC(C)(C)C(C)C)C(C)(C)C. The van der Waals surface area contributed by atoms with E-state index in [2.05, 4.69) is 48.5 Å². The molecule has 3 heteroatoms. The van der Waals surface area contributed by atoms with Gasteiger partial charge in [0.1, 0.15) is 0 Å². The zero-order valence-corrected chi connectivity index (χ0v) is 13.5. The molecule has 1 N–H and O–H groups in total. The number of hydrogen-bond acceptors (Lipinski definition) is 3. The molecule has 0 aliphatic carbocycles. The molecule has 0 amide bonds. The zero-order valence-electron chi connectivity index (χ0n) is 13.5. The first kappa shape index (κ1) is 17.9. The van der Waals surface area contributed by atoms with E-state index in [1.807, 2.05) is 0 Å². The van der Waals surface area contributed by atoms with Crippen molar-refractivity contribution in [1.82, 2.24) is 0 Å². The number of methoxy groups -OCH3 is 1. The molecule has 1 atom stereocenters. The van der Waals surface area contributed by atoms with Crippen LogP contribution >= 0.6 is 0 Å². The fourth-order valence-electron chi connectivity index (χ4n) is 1.57. The van der Waals surface area contributed by atoms with Crippen LogP contribution in [0.1, 0.15) is 48.5 Å². The van der Waals surface area contributed by atoms with Crippen LogP contribution in [0.2, 0.25) is 0 Å². The minimum Gasteiger partial charge on any atom is -0.396 e. The van der Waals surface area contributed by atoms with Gasteiger partial charge in [0.25, 0.3) is 0 Å². The van der Waals surface area contributed by atoms with Crippen molar-refractivity contribution in [1.29, 1.82) is 0 Å². The maximum Gasteiger partial charge on any atom is 0.0649 e. The quantitative estimate of drug-likeness (QED) is 0.764. The highest BCUT2D eigenvalue weighted by molar-refractivity contribution is 4.91. The molecule has 0 aromatic heterocycles. The topological polar surface area (TPSA) is 38.7 Å². The normalized spacial score (nSPS) is 17.0. The summed E-state index contributed by atoms with van der Waals surface area (Å²) in [4.78, 5) is 0. The average molecular weight is 260 g/mol. The van der Waals surface area contributed by atoms with Gasteiger partial charge >= 0.3 is 0 Å². The first-order chi connectivity index (χ1) is 8.02. The lowest BCUT2D eigenvalue weighted by molar-refractivity contribution is -0.149. The van der Waals surface area contributed by atoms with Crippen molar-refractivity contribution in [2.75, 3.05) is 26.9 Å². The third-order valence-corrected chi connectivity index (χ3v) is 4.43. The Morgan fingerprint density at radius 1 is 1.00 bits per heavy atom. The Balaban J connectivity index is 4.92. The van der Waals surface area contributed by atoms with Crippen LogP contribution in [0.25, 0.3) is 0 Å². The summed E-state index contributed by atoms with van der Waals surface area (Å²) in [6.45, 7) is 15.9. The van der Waals surface area contributed by atoms with E-state index >= 15 is 0 Å². The Kier molecular flexibility index (Phi) is 6.31. The average Bonchev–Trinajstić information content (AvgIpc) is 2.22. The third kappa shape index (κ3) is 4.22. The Bertz CT molecular complexity index is 241. The van der Waals surface area contributed by atoms with E-state index in [1.54, 1.807) is 7.11 Å². The lowest BCUT2D eigenvalue weighted by atomic mass is 9.68.